The van der Waals surface area contributed by atoms with Gasteiger partial charge in [0.15, 0.2) is 17.8 Å². The lowest BCUT2D eigenvalue weighted by molar-refractivity contribution is 0.112. The predicted octanol–water partition coefficient (Wildman–Crippen LogP) is 2.40. The molecule has 5 nitrogen and oxygen atoms in total. The number of carbonyl (C=O) groups excluding carboxylic acids is 1. The zero-order valence-electron chi connectivity index (χ0n) is 11.5. The van der Waals surface area contributed by atoms with E-state index in [1.165, 1.54) is 22.3 Å². The number of fused-ring (bicyclic) bond motifs is 1. The van der Waals surface area contributed by atoms with Gasteiger partial charge < -0.3 is 10.2 Å². The molecule has 0 saturated carbocycles. The molecule has 0 aliphatic heterocycles. The first kappa shape index (κ1) is 14.2. The third-order valence-electron chi connectivity index (χ3n) is 3.45. The van der Waals surface area contributed by atoms with Gasteiger partial charge in [0.1, 0.15) is 0 Å². The van der Waals surface area contributed by atoms with E-state index in [4.69, 9.17) is 0 Å². The van der Waals surface area contributed by atoms with Gasteiger partial charge >= 0.3 is 0 Å². The van der Waals surface area contributed by atoms with Gasteiger partial charge in [0.25, 0.3) is 0 Å². The Morgan fingerprint density at radius 2 is 1.73 bits per heavy atom. The van der Waals surface area contributed by atoms with E-state index >= 15 is 0 Å². The van der Waals surface area contributed by atoms with E-state index in [0.29, 0.717) is 22.1 Å². The highest BCUT2D eigenvalue weighted by atomic mass is 32.2. The average Bonchev–Trinajstić information content (AvgIpc) is 2.87. The van der Waals surface area contributed by atoms with Crippen molar-refractivity contribution in [1.29, 1.82) is 0 Å². The Balaban J connectivity index is 2.37. The van der Waals surface area contributed by atoms with Gasteiger partial charge in [0.2, 0.25) is 0 Å². The zero-order chi connectivity index (χ0) is 15.9. The van der Waals surface area contributed by atoms with Crippen LogP contribution in [0.2, 0.25) is 0 Å². The molecule has 0 radical (unpaired) electrons. The third kappa shape index (κ3) is 2.05. The normalized spacial score (nSPS) is 13.8. The Morgan fingerprint density at radius 1 is 1.09 bits per heavy atom. The first-order valence-corrected chi connectivity index (χ1v) is 8.08. The molecule has 1 atom stereocenters. The molecule has 1 unspecified atom stereocenters. The number of benzene rings is 2. The fourth-order valence-corrected chi connectivity index (χ4v) is 3.89. The van der Waals surface area contributed by atoms with Crippen molar-refractivity contribution >= 4 is 32.8 Å². The summed E-state index contributed by atoms with van der Waals surface area (Å²) in [5, 5.41) is 19.7. The monoisotopic (exact) mass is 315 g/mol. The number of hydrogen-bond donors (Lipinski definition) is 2. The van der Waals surface area contributed by atoms with Crippen LogP contribution in [0, 0.1) is 0 Å². The molecule has 0 bridgehead atoms. The number of carbonyl (C=O) groups is 1. The molecule has 2 aromatic carbocycles. The van der Waals surface area contributed by atoms with Crippen molar-refractivity contribution in [3.05, 3.63) is 54.2 Å². The molecule has 0 aliphatic rings. The number of rotatable bonds is 3. The van der Waals surface area contributed by atoms with Crippen molar-refractivity contribution in [3.63, 3.8) is 0 Å². The zero-order valence-corrected chi connectivity index (χ0v) is 12.3. The van der Waals surface area contributed by atoms with E-state index in [1.54, 1.807) is 30.3 Å². The quantitative estimate of drug-likeness (QED) is 0.442. The Kier molecular flexibility index (Phi) is 3.18. The van der Waals surface area contributed by atoms with E-state index in [1.807, 2.05) is 0 Å². The van der Waals surface area contributed by atoms with Crippen LogP contribution in [0.1, 0.15) is 10.4 Å². The van der Waals surface area contributed by atoms with Crippen molar-refractivity contribution in [3.8, 4) is 11.5 Å². The molecule has 0 aliphatic carbocycles. The van der Waals surface area contributed by atoms with E-state index in [9.17, 15) is 19.2 Å². The first-order valence-electron chi connectivity index (χ1n) is 6.40. The number of nitrogens with zero attached hydrogens (tertiary/aromatic N) is 1. The largest absolute Gasteiger partial charge is 0.504 e. The van der Waals surface area contributed by atoms with Crippen LogP contribution >= 0.6 is 0 Å². The van der Waals surface area contributed by atoms with Crippen LogP contribution in [0.4, 0.5) is 0 Å². The van der Waals surface area contributed by atoms with Crippen LogP contribution < -0.4 is 0 Å². The highest BCUT2D eigenvalue weighted by molar-refractivity contribution is 7.99. The summed E-state index contributed by atoms with van der Waals surface area (Å²) in [5.41, 5.74) is 0.624. The van der Waals surface area contributed by atoms with E-state index in [-0.39, 0.29) is 17.1 Å². The molecule has 3 aromatic rings. The molecule has 0 saturated heterocycles. The summed E-state index contributed by atoms with van der Waals surface area (Å²) in [4.78, 5) is 11.7. The second-order valence-electron chi connectivity index (χ2n) is 4.84. The maximum Gasteiger partial charge on any atom is 0.159 e. The van der Waals surface area contributed by atoms with Crippen LogP contribution in [-0.2, 0) is 9.71 Å². The summed E-state index contributed by atoms with van der Waals surface area (Å²) < 4.78 is 14.5. The summed E-state index contributed by atoms with van der Waals surface area (Å²) in [7, 11) is -2.92. The smallest absolute Gasteiger partial charge is 0.159 e. The molecule has 22 heavy (non-hydrogen) atoms. The lowest BCUT2D eigenvalue weighted by Gasteiger charge is -2.13. The van der Waals surface area contributed by atoms with Crippen molar-refractivity contribution < 1.29 is 19.2 Å². The number of phenolic OH excluding ortho intramolecular Hbond substituents is 2. The second kappa shape index (κ2) is 4.92. The van der Waals surface area contributed by atoms with Crippen molar-refractivity contribution in [2.45, 2.75) is 4.90 Å². The van der Waals surface area contributed by atoms with Gasteiger partial charge in [-0.05, 0) is 24.1 Å². The predicted molar refractivity (Wildman–Crippen MR) is 86.0 cm³/mol. The second-order valence-corrected chi connectivity index (χ2v) is 6.99. The molecule has 1 aromatic heterocycles. The van der Waals surface area contributed by atoms with Crippen LogP contribution in [0.15, 0.2) is 53.6 Å². The molecular formula is C16H13NO4S. The van der Waals surface area contributed by atoms with E-state index in [2.05, 4.69) is 5.87 Å². The topological polar surface area (TPSA) is 79.5 Å². The molecule has 6 heteroatoms. The number of aldehydes is 1. The highest BCUT2D eigenvalue weighted by Gasteiger charge is 2.18. The third-order valence-corrected chi connectivity index (χ3v) is 5.40. The maximum atomic E-state index is 13.1. The number of aromatic hydroxyl groups is 2. The van der Waals surface area contributed by atoms with Crippen molar-refractivity contribution in [1.82, 2.24) is 3.97 Å². The Hall–Kier alpha value is -2.73. The maximum absolute atomic E-state index is 13.1. The van der Waals surface area contributed by atoms with E-state index in [0.717, 1.165) is 0 Å². The fourth-order valence-electron chi connectivity index (χ4n) is 2.33. The minimum absolute atomic E-state index is 0.262. The Morgan fingerprint density at radius 3 is 2.36 bits per heavy atom. The molecule has 0 amide bonds. The standard InChI is InChI=1S/C16H13NO4S/c1-22(21,12-5-3-2-4-6-12)17-9-11(10-18)13-7-15(19)16(20)8-14(13)17/h2-10,19-20H,1H2. The van der Waals surface area contributed by atoms with Gasteiger partial charge in [-0.25, -0.2) is 4.21 Å². The lowest BCUT2D eigenvalue weighted by atomic mass is 10.2. The van der Waals surface area contributed by atoms with Gasteiger partial charge in [0, 0.05) is 28.1 Å². The summed E-state index contributed by atoms with van der Waals surface area (Å²) >= 11 is 0. The van der Waals surface area contributed by atoms with Crippen LogP contribution in [0.5, 0.6) is 11.5 Å². The van der Waals surface area contributed by atoms with Crippen LogP contribution in [-0.4, -0.2) is 30.6 Å². The molecular weight excluding hydrogens is 302 g/mol. The minimum Gasteiger partial charge on any atom is -0.504 e. The summed E-state index contributed by atoms with van der Waals surface area (Å²) in [6, 6.07) is 11.2. The van der Waals surface area contributed by atoms with Crippen molar-refractivity contribution in [2.24, 2.45) is 0 Å². The molecule has 112 valence electrons. The molecule has 0 spiro atoms. The molecule has 1 heterocycles. The number of phenols is 2. The van der Waals surface area contributed by atoms with Crippen LogP contribution in [0.25, 0.3) is 10.9 Å². The van der Waals surface area contributed by atoms with Gasteiger partial charge in [-0.15, -0.1) is 0 Å². The Labute approximate surface area is 127 Å². The molecule has 2 N–H and O–H groups in total. The average molecular weight is 315 g/mol. The molecule has 0 fully saturated rings. The van der Waals surface area contributed by atoms with Gasteiger partial charge in [-0.2, -0.15) is 0 Å². The lowest BCUT2D eigenvalue weighted by Crippen LogP contribution is -2.11. The highest BCUT2D eigenvalue weighted by Crippen LogP contribution is 2.34. The number of aromatic nitrogens is 1. The SMILES string of the molecule is C=S(=O)(c1ccccc1)n1cc(C=O)c2cc(O)c(O)cc21. The van der Waals surface area contributed by atoms with Crippen LogP contribution in [0.3, 0.4) is 0 Å². The fraction of sp³-hybridized carbons (Fsp3) is 0. The van der Waals surface area contributed by atoms with Gasteiger partial charge in [-0.1, -0.05) is 18.2 Å². The number of hydrogen-bond acceptors (Lipinski definition) is 4. The van der Waals surface area contributed by atoms with Crippen molar-refractivity contribution in [2.75, 3.05) is 0 Å². The Bertz CT molecular complexity index is 972. The molecule has 3 rings (SSSR count). The summed E-state index contributed by atoms with van der Waals surface area (Å²) in [6.07, 6.45) is 2.02. The first-order chi connectivity index (χ1) is 10.4. The van der Waals surface area contributed by atoms with Gasteiger partial charge in [0.05, 0.1) is 15.2 Å². The van der Waals surface area contributed by atoms with Gasteiger partial charge in [-0.3, -0.25) is 8.77 Å². The van der Waals surface area contributed by atoms with E-state index < -0.39 is 9.71 Å². The minimum atomic E-state index is -2.92. The summed E-state index contributed by atoms with van der Waals surface area (Å²) in [6.45, 7) is 0. The summed E-state index contributed by atoms with van der Waals surface area (Å²) in [5.74, 6) is 3.09.